The lowest BCUT2D eigenvalue weighted by Crippen LogP contribution is -2.33. The maximum atomic E-state index is 12.4. The van der Waals surface area contributed by atoms with E-state index in [1.165, 1.54) is 18.9 Å². The lowest BCUT2D eigenvalue weighted by molar-refractivity contribution is -0.384. The topological polar surface area (TPSA) is 66.7 Å². The SMILES string of the molecule is O=C(CCN1CCCC1)N1CCc2cccc([N+](=O)[O-])c21. The van der Waals surface area contributed by atoms with Gasteiger partial charge in [-0.3, -0.25) is 14.9 Å². The van der Waals surface area contributed by atoms with Crippen molar-refractivity contribution in [1.82, 2.24) is 4.90 Å². The summed E-state index contributed by atoms with van der Waals surface area (Å²) in [6, 6.07) is 5.04. The lowest BCUT2D eigenvalue weighted by Gasteiger charge is -2.19. The number of carbonyl (C=O) groups excluding carboxylic acids is 1. The lowest BCUT2D eigenvalue weighted by atomic mass is 10.1. The summed E-state index contributed by atoms with van der Waals surface area (Å²) in [5.74, 6) is -0.00468. The second kappa shape index (κ2) is 5.81. The van der Waals surface area contributed by atoms with Crippen LogP contribution >= 0.6 is 0 Å². The molecule has 6 nitrogen and oxygen atoms in total. The normalized spacial score (nSPS) is 18.0. The highest BCUT2D eigenvalue weighted by atomic mass is 16.6. The van der Waals surface area contributed by atoms with E-state index < -0.39 is 4.92 Å². The van der Waals surface area contributed by atoms with Crippen LogP contribution in [0.25, 0.3) is 0 Å². The number of anilines is 1. The monoisotopic (exact) mass is 289 g/mol. The Bertz CT molecular complexity index is 567. The Balaban J connectivity index is 1.73. The third-order valence-electron chi connectivity index (χ3n) is 4.31. The fraction of sp³-hybridized carbons (Fsp3) is 0.533. The Morgan fingerprint density at radius 1 is 1.24 bits per heavy atom. The largest absolute Gasteiger partial charge is 0.306 e. The maximum absolute atomic E-state index is 12.4. The molecule has 1 fully saturated rings. The molecule has 1 amide bonds. The van der Waals surface area contributed by atoms with Crippen molar-refractivity contribution >= 4 is 17.3 Å². The fourth-order valence-corrected chi connectivity index (χ4v) is 3.23. The van der Waals surface area contributed by atoms with Crippen molar-refractivity contribution in [2.75, 3.05) is 31.1 Å². The highest BCUT2D eigenvalue weighted by Gasteiger charge is 2.31. The van der Waals surface area contributed by atoms with E-state index in [4.69, 9.17) is 0 Å². The molecule has 2 heterocycles. The third-order valence-corrected chi connectivity index (χ3v) is 4.31. The van der Waals surface area contributed by atoms with Crippen LogP contribution in [0.3, 0.4) is 0 Å². The van der Waals surface area contributed by atoms with Gasteiger partial charge in [0.1, 0.15) is 5.69 Å². The van der Waals surface area contributed by atoms with Gasteiger partial charge in [-0.1, -0.05) is 12.1 Å². The Hall–Kier alpha value is -1.95. The van der Waals surface area contributed by atoms with Crippen molar-refractivity contribution in [2.45, 2.75) is 25.7 Å². The van der Waals surface area contributed by atoms with Gasteiger partial charge in [0.05, 0.1) is 4.92 Å². The van der Waals surface area contributed by atoms with E-state index in [0.717, 1.165) is 25.2 Å². The average molecular weight is 289 g/mol. The summed E-state index contributed by atoms with van der Waals surface area (Å²) in [6.07, 6.45) is 3.54. The number of carbonyl (C=O) groups is 1. The summed E-state index contributed by atoms with van der Waals surface area (Å²) in [6.45, 7) is 3.43. The first kappa shape index (κ1) is 14.0. The van der Waals surface area contributed by atoms with Gasteiger partial charge in [-0.25, -0.2) is 0 Å². The number of amides is 1. The molecule has 0 unspecified atom stereocenters. The van der Waals surface area contributed by atoms with Crippen molar-refractivity contribution in [3.05, 3.63) is 33.9 Å². The molecule has 0 spiro atoms. The van der Waals surface area contributed by atoms with E-state index in [1.807, 2.05) is 6.07 Å². The van der Waals surface area contributed by atoms with Crippen LogP contribution in [-0.4, -0.2) is 41.9 Å². The van der Waals surface area contributed by atoms with Crippen LogP contribution in [0.2, 0.25) is 0 Å². The molecule has 0 N–H and O–H groups in total. The molecule has 0 atom stereocenters. The van der Waals surface area contributed by atoms with Crippen LogP contribution in [0.4, 0.5) is 11.4 Å². The van der Waals surface area contributed by atoms with Crippen molar-refractivity contribution in [1.29, 1.82) is 0 Å². The Kier molecular flexibility index (Phi) is 3.88. The molecule has 0 radical (unpaired) electrons. The van der Waals surface area contributed by atoms with Crippen LogP contribution in [0.15, 0.2) is 18.2 Å². The molecule has 1 aromatic carbocycles. The summed E-state index contributed by atoms with van der Waals surface area (Å²) in [5.41, 5.74) is 1.45. The maximum Gasteiger partial charge on any atom is 0.293 e. The molecular formula is C15H19N3O3. The van der Waals surface area contributed by atoms with E-state index in [9.17, 15) is 14.9 Å². The summed E-state index contributed by atoms with van der Waals surface area (Å²) in [7, 11) is 0. The number of hydrogen-bond donors (Lipinski definition) is 0. The molecule has 6 heteroatoms. The molecular weight excluding hydrogens is 270 g/mol. The Labute approximate surface area is 123 Å². The number of hydrogen-bond acceptors (Lipinski definition) is 4. The van der Waals surface area contributed by atoms with E-state index in [1.54, 1.807) is 11.0 Å². The number of nitrogens with zero attached hydrogens (tertiary/aromatic N) is 3. The minimum Gasteiger partial charge on any atom is -0.306 e. The van der Waals surface area contributed by atoms with Crippen molar-refractivity contribution in [3.8, 4) is 0 Å². The zero-order valence-corrected chi connectivity index (χ0v) is 12.0. The zero-order valence-electron chi connectivity index (χ0n) is 12.0. The van der Waals surface area contributed by atoms with Gasteiger partial charge in [-0.15, -0.1) is 0 Å². The zero-order chi connectivity index (χ0) is 14.8. The molecule has 112 valence electrons. The number of likely N-dealkylation sites (tertiary alicyclic amines) is 1. The Morgan fingerprint density at radius 3 is 2.71 bits per heavy atom. The highest BCUT2D eigenvalue weighted by molar-refractivity contribution is 5.98. The molecule has 0 aromatic heterocycles. The van der Waals surface area contributed by atoms with Crippen LogP contribution in [-0.2, 0) is 11.2 Å². The summed E-state index contributed by atoms with van der Waals surface area (Å²) < 4.78 is 0. The summed E-state index contributed by atoms with van der Waals surface area (Å²) >= 11 is 0. The number of nitro groups is 1. The quantitative estimate of drug-likeness (QED) is 0.628. The number of rotatable bonds is 4. The molecule has 1 aromatic rings. The molecule has 2 aliphatic rings. The Morgan fingerprint density at radius 2 is 2.00 bits per heavy atom. The molecule has 0 saturated carbocycles. The highest BCUT2D eigenvalue weighted by Crippen LogP contribution is 2.37. The first-order chi connectivity index (χ1) is 10.2. The molecule has 3 rings (SSSR count). The average Bonchev–Trinajstić information content (AvgIpc) is 3.13. The molecule has 21 heavy (non-hydrogen) atoms. The minimum absolute atomic E-state index is 0.00468. The number of fused-ring (bicyclic) bond motifs is 1. The predicted octanol–water partition coefficient (Wildman–Crippen LogP) is 1.97. The predicted molar refractivity (Wildman–Crippen MR) is 79.4 cm³/mol. The first-order valence-electron chi connectivity index (χ1n) is 7.46. The van der Waals surface area contributed by atoms with Gasteiger partial charge >= 0.3 is 0 Å². The van der Waals surface area contributed by atoms with Gasteiger partial charge in [-0.2, -0.15) is 0 Å². The number of benzene rings is 1. The van der Waals surface area contributed by atoms with Crippen LogP contribution in [0.5, 0.6) is 0 Å². The van der Waals surface area contributed by atoms with Crippen molar-refractivity contribution in [3.63, 3.8) is 0 Å². The minimum atomic E-state index is -0.398. The van der Waals surface area contributed by atoms with E-state index in [0.29, 0.717) is 25.1 Å². The molecule has 0 bridgehead atoms. The van der Waals surface area contributed by atoms with E-state index in [-0.39, 0.29) is 11.6 Å². The van der Waals surface area contributed by atoms with Gasteiger partial charge in [0.2, 0.25) is 5.91 Å². The molecule has 2 aliphatic heterocycles. The van der Waals surface area contributed by atoms with Crippen molar-refractivity contribution < 1.29 is 9.72 Å². The second-order valence-corrected chi connectivity index (χ2v) is 5.64. The van der Waals surface area contributed by atoms with Gasteiger partial charge in [0, 0.05) is 25.6 Å². The van der Waals surface area contributed by atoms with Gasteiger partial charge in [-0.05, 0) is 37.9 Å². The summed E-state index contributed by atoms with van der Waals surface area (Å²) in [5, 5.41) is 11.2. The summed E-state index contributed by atoms with van der Waals surface area (Å²) in [4.78, 5) is 27.1. The van der Waals surface area contributed by atoms with Crippen LogP contribution in [0.1, 0.15) is 24.8 Å². The number of nitro benzene ring substituents is 1. The van der Waals surface area contributed by atoms with Crippen molar-refractivity contribution in [2.24, 2.45) is 0 Å². The van der Waals surface area contributed by atoms with Gasteiger partial charge in [0.25, 0.3) is 5.69 Å². The first-order valence-corrected chi connectivity index (χ1v) is 7.46. The second-order valence-electron chi connectivity index (χ2n) is 5.64. The fourth-order valence-electron chi connectivity index (χ4n) is 3.23. The smallest absolute Gasteiger partial charge is 0.293 e. The van der Waals surface area contributed by atoms with E-state index >= 15 is 0 Å². The van der Waals surface area contributed by atoms with Gasteiger partial charge < -0.3 is 9.80 Å². The standard InChI is InChI=1S/C15H19N3O3/c19-14(7-10-16-8-1-2-9-16)17-11-6-12-4-3-5-13(15(12)17)18(20)21/h3-5H,1-2,6-11H2. The molecule has 1 saturated heterocycles. The molecule has 0 aliphatic carbocycles. The van der Waals surface area contributed by atoms with Gasteiger partial charge in [0.15, 0.2) is 0 Å². The number of para-hydroxylation sites is 1. The van der Waals surface area contributed by atoms with E-state index in [2.05, 4.69) is 4.90 Å². The third kappa shape index (κ3) is 2.76. The van der Waals surface area contributed by atoms with Crippen LogP contribution in [0, 0.1) is 10.1 Å². The van der Waals surface area contributed by atoms with Crippen LogP contribution < -0.4 is 4.90 Å².